The van der Waals surface area contributed by atoms with Crippen molar-refractivity contribution >= 4 is 18.3 Å². The molecule has 5 heteroatoms. The molecule has 1 aromatic heterocycles. The number of carbonyl (C=O) groups excluding carboxylic acids is 1. The molecule has 0 aliphatic rings. The molecule has 0 aliphatic heterocycles. The molecule has 2 aromatic rings. The van der Waals surface area contributed by atoms with Gasteiger partial charge in [-0.25, -0.2) is 0 Å². The molecule has 0 spiro atoms. The van der Waals surface area contributed by atoms with Gasteiger partial charge in [-0.1, -0.05) is 43.7 Å². The normalized spacial score (nSPS) is 10.9. The zero-order valence-corrected chi connectivity index (χ0v) is 14.0. The van der Waals surface area contributed by atoms with Crippen LogP contribution in [0.25, 0.3) is 0 Å². The fourth-order valence-corrected chi connectivity index (χ4v) is 2.18. The fourth-order valence-electron chi connectivity index (χ4n) is 2.18. The minimum atomic E-state index is -0.140. The Morgan fingerprint density at radius 1 is 1.32 bits per heavy atom. The van der Waals surface area contributed by atoms with Gasteiger partial charge < -0.3 is 15.5 Å². The molecule has 0 fully saturated rings. The van der Waals surface area contributed by atoms with Gasteiger partial charge in [0.25, 0.3) is 5.91 Å². The molecule has 0 saturated carbocycles. The van der Waals surface area contributed by atoms with E-state index >= 15 is 0 Å². The summed E-state index contributed by atoms with van der Waals surface area (Å²) in [6.07, 6.45) is 1.44. The Hall–Kier alpha value is -1.78. The summed E-state index contributed by atoms with van der Waals surface area (Å²) in [7, 11) is 0. The maximum atomic E-state index is 12.1. The lowest BCUT2D eigenvalue weighted by atomic mass is 9.84. The minimum absolute atomic E-state index is 0. The van der Waals surface area contributed by atoms with Gasteiger partial charge >= 0.3 is 0 Å². The third kappa shape index (κ3) is 4.36. The lowest BCUT2D eigenvalue weighted by Gasteiger charge is -2.26. The van der Waals surface area contributed by atoms with E-state index in [1.807, 2.05) is 6.07 Å². The summed E-state index contributed by atoms with van der Waals surface area (Å²) in [4.78, 5) is 12.1. The Morgan fingerprint density at radius 2 is 2.05 bits per heavy atom. The van der Waals surface area contributed by atoms with Gasteiger partial charge in [-0.05, 0) is 18.6 Å². The number of halogens is 1. The summed E-state index contributed by atoms with van der Waals surface area (Å²) >= 11 is 0. The molecule has 0 aliphatic carbocycles. The highest BCUT2D eigenvalue weighted by Gasteiger charge is 2.22. The Kier molecular flexibility index (Phi) is 6.21. The highest BCUT2D eigenvalue weighted by molar-refractivity contribution is 5.94. The van der Waals surface area contributed by atoms with E-state index in [4.69, 9.17) is 10.2 Å². The fraction of sp³-hybridized carbons (Fsp3) is 0.353. The zero-order valence-electron chi connectivity index (χ0n) is 13.2. The van der Waals surface area contributed by atoms with E-state index in [-0.39, 0.29) is 23.7 Å². The first kappa shape index (κ1) is 18.3. The van der Waals surface area contributed by atoms with Gasteiger partial charge in [0.05, 0.1) is 12.1 Å². The lowest BCUT2D eigenvalue weighted by Crippen LogP contribution is -2.36. The number of rotatable bonds is 5. The molecule has 2 rings (SSSR count). The van der Waals surface area contributed by atoms with Crippen molar-refractivity contribution in [2.24, 2.45) is 5.73 Å². The highest BCUT2D eigenvalue weighted by atomic mass is 35.5. The Labute approximate surface area is 137 Å². The average Bonchev–Trinajstić information content (AvgIpc) is 2.94. The van der Waals surface area contributed by atoms with Crippen LogP contribution in [0.4, 0.5) is 0 Å². The van der Waals surface area contributed by atoms with Crippen molar-refractivity contribution in [2.75, 3.05) is 6.54 Å². The van der Waals surface area contributed by atoms with E-state index in [2.05, 4.69) is 44.3 Å². The molecular formula is C17H23ClN2O2. The van der Waals surface area contributed by atoms with E-state index in [1.54, 1.807) is 6.07 Å². The van der Waals surface area contributed by atoms with Crippen molar-refractivity contribution in [3.8, 4) is 0 Å². The van der Waals surface area contributed by atoms with Crippen LogP contribution >= 0.6 is 12.4 Å². The number of hydrogen-bond donors (Lipinski definition) is 2. The van der Waals surface area contributed by atoms with E-state index in [9.17, 15) is 4.79 Å². The molecule has 0 bridgehead atoms. The molecule has 22 heavy (non-hydrogen) atoms. The third-order valence-corrected chi connectivity index (χ3v) is 3.61. The van der Waals surface area contributed by atoms with Crippen LogP contribution in [-0.2, 0) is 12.0 Å². The summed E-state index contributed by atoms with van der Waals surface area (Å²) in [5, 5.41) is 2.95. The maximum Gasteiger partial charge on any atom is 0.254 e. The van der Waals surface area contributed by atoms with Gasteiger partial charge in [-0.2, -0.15) is 0 Å². The van der Waals surface area contributed by atoms with Crippen LogP contribution in [-0.4, -0.2) is 12.5 Å². The summed E-state index contributed by atoms with van der Waals surface area (Å²) in [5.41, 5.74) is 8.27. The number of amides is 1. The zero-order chi connectivity index (χ0) is 15.5. The number of nitrogens with two attached hydrogens (primary N) is 1. The average molecular weight is 323 g/mol. The van der Waals surface area contributed by atoms with Crippen molar-refractivity contribution in [3.63, 3.8) is 0 Å². The van der Waals surface area contributed by atoms with Crippen LogP contribution < -0.4 is 11.1 Å². The molecule has 1 amide bonds. The molecule has 1 heterocycles. The van der Waals surface area contributed by atoms with Gasteiger partial charge in [0.2, 0.25) is 0 Å². The summed E-state index contributed by atoms with van der Waals surface area (Å²) in [5.74, 6) is 0.470. The molecule has 0 atom stereocenters. The quantitative estimate of drug-likeness (QED) is 0.888. The van der Waals surface area contributed by atoms with Gasteiger partial charge in [0.1, 0.15) is 12.0 Å². The summed E-state index contributed by atoms with van der Waals surface area (Å²) < 4.78 is 5.18. The predicted octanol–water partition coefficient (Wildman–Crippen LogP) is 3.18. The van der Waals surface area contributed by atoms with Crippen LogP contribution in [0.2, 0.25) is 0 Å². The van der Waals surface area contributed by atoms with Crippen LogP contribution in [0, 0.1) is 6.92 Å². The monoisotopic (exact) mass is 322 g/mol. The second-order valence-corrected chi connectivity index (χ2v) is 5.94. The molecule has 0 radical (unpaired) electrons. The Bertz CT molecular complexity index is 635. The molecule has 120 valence electrons. The Balaban J connectivity index is 0.00000242. The van der Waals surface area contributed by atoms with Crippen LogP contribution in [0.5, 0.6) is 0 Å². The van der Waals surface area contributed by atoms with E-state index in [1.165, 1.54) is 17.4 Å². The maximum absolute atomic E-state index is 12.1. The van der Waals surface area contributed by atoms with Crippen molar-refractivity contribution < 1.29 is 9.21 Å². The predicted molar refractivity (Wildman–Crippen MR) is 90.4 cm³/mol. The van der Waals surface area contributed by atoms with Crippen LogP contribution in [0.1, 0.15) is 41.1 Å². The van der Waals surface area contributed by atoms with E-state index < -0.39 is 0 Å². The summed E-state index contributed by atoms with van der Waals surface area (Å²) in [6, 6.07) is 10.0. The molecular weight excluding hydrogens is 300 g/mol. The molecule has 0 saturated heterocycles. The van der Waals surface area contributed by atoms with Crippen molar-refractivity contribution in [2.45, 2.75) is 32.7 Å². The van der Waals surface area contributed by atoms with Gasteiger partial charge in [0, 0.05) is 12.0 Å². The first-order valence-electron chi connectivity index (χ1n) is 7.05. The third-order valence-electron chi connectivity index (χ3n) is 3.61. The van der Waals surface area contributed by atoms with Gasteiger partial charge in [-0.15, -0.1) is 12.4 Å². The van der Waals surface area contributed by atoms with Crippen molar-refractivity contribution in [1.29, 1.82) is 0 Å². The second kappa shape index (κ2) is 7.47. The van der Waals surface area contributed by atoms with E-state index in [0.717, 1.165) is 0 Å². The largest absolute Gasteiger partial charge is 0.467 e. The first-order valence-corrected chi connectivity index (χ1v) is 7.05. The number of aryl methyl sites for hydroxylation is 1. The molecule has 1 aromatic carbocycles. The number of carbonyl (C=O) groups is 1. The second-order valence-electron chi connectivity index (χ2n) is 5.94. The first-order chi connectivity index (χ1) is 9.92. The van der Waals surface area contributed by atoms with Crippen LogP contribution in [0.15, 0.2) is 41.0 Å². The number of furan rings is 1. The Morgan fingerprint density at radius 3 is 2.64 bits per heavy atom. The lowest BCUT2D eigenvalue weighted by molar-refractivity contribution is 0.0945. The number of hydrogen-bond acceptors (Lipinski definition) is 3. The highest BCUT2D eigenvalue weighted by Crippen LogP contribution is 2.23. The van der Waals surface area contributed by atoms with Gasteiger partial charge in [0.15, 0.2) is 0 Å². The SMILES string of the molecule is Cc1cccc(C(C)(C)CNC(=O)c2coc(CN)c2)c1.Cl. The topological polar surface area (TPSA) is 68.3 Å². The van der Waals surface area contributed by atoms with Crippen LogP contribution in [0.3, 0.4) is 0 Å². The van der Waals surface area contributed by atoms with Gasteiger partial charge in [-0.3, -0.25) is 4.79 Å². The van der Waals surface area contributed by atoms with Crippen molar-refractivity contribution in [1.82, 2.24) is 5.32 Å². The molecule has 0 unspecified atom stereocenters. The van der Waals surface area contributed by atoms with E-state index in [0.29, 0.717) is 24.4 Å². The minimum Gasteiger partial charge on any atom is -0.467 e. The number of benzene rings is 1. The standard InChI is InChI=1S/C17H22N2O2.ClH/c1-12-5-4-6-14(7-12)17(2,3)11-19-16(20)13-8-15(9-18)21-10-13;/h4-8,10H,9,11,18H2,1-3H3,(H,19,20);1H. The van der Waals surface area contributed by atoms with Crippen molar-refractivity contribution in [3.05, 3.63) is 59.0 Å². The number of nitrogens with one attached hydrogen (secondary N) is 1. The molecule has 4 nitrogen and oxygen atoms in total. The molecule has 3 N–H and O–H groups in total. The summed E-state index contributed by atoms with van der Waals surface area (Å²) in [6.45, 7) is 7.14. The smallest absolute Gasteiger partial charge is 0.254 e.